The zero-order chi connectivity index (χ0) is 15.8. The van der Waals surface area contributed by atoms with E-state index in [1.807, 2.05) is 19.2 Å². The van der Waals surface area contributed by atoms with Crippen LogP contribution in [-0.2, 0) is 11.3 Å². The Morgan fingerprint density at radius 3 is 2.43 bits per heavy atom. The highest BCUT2D eigenvalue weighted by Gasteiger charge is 2.17. The first-order chi connectivity index (χ1) is 9.96. The normalized spacial score (nSPS) is 12.0. The highest BCUT2D eigenvalue weighted by atomic mass is 16.2. The third-order valence-electron chi connectivity index (χ3n) is 3.53. The molecule has 1 unspecified atom stereocenters. The molecular formula is C17H25N3O. The average molecular weight is 287 g/mol. The molecule has 0 aliphatic rings. The van der Waals surface area contributed by atoms with Gasteiger partial charge < -0.3 is 10.6 Å². The molecule has 0 aromatic heterocycles. The van der Waals surface area contributed by atoms with Crippen LogP contribution in [0.4, 0.5) is 0 Å². The monoisotopic (exact) mass is 287 g/mol. The Balaban J connectivity index is 2.55. The van der Waals surface area contributed by atoms with Gasteiger partial charge in [-0.1, -0.05) is 26.0 Å². The van der Waals surface area contributed by atoms with Crippen molar-refractivity contribution in [3.63, 3.8) is 0 Å². The SMILES string of the molecule is CC(C)CC(CN)CC(=O)N(C)Cc1ccc(C#N)cc1. The number of benzene rings is 1. The van der Waals surface area contributed by atoms with Crippen LogP contribution in [-0.4, -0.2) is 24.4 Å². The van der Waals surface area contributed by atoms with Gasteiger partial charge in [0.1, 0.15) is 0 Å². The van der Waals surface area contributed by atoms with Crippen molar-refractivity contribution in [2.24, 2.45) is 17.6 Å². The van der Waals surface area contributed by atoms with E-state index in [4.69, 9.17) is 11.0 Å². The van der Waals surface area contributed by atoms with E-state index in [0.29, 0.717) is 31.0 Å². The van der Waals surface area contributed by atoms with E-state index < -0.39 is 0 Å². The van der Waals surface area contributed by atoms with E-state index in [0.717, 1.165) is 12.0 Å². The summed E-state index contributed by atoms with van der Waals surface area (Å²) >= 11 is 0. The fourth-order valence-electron chi connectivity index (χ4n) is 2.38. The first-order valence-electron chi connectivity index (χ1n) is 7.39. The minimum absolute atomic E-state index is 0.121. The van der Waals surface area contributed by atoms with Crippen molar-refractivity contribution in [2.45, 2.75) is 33.2 Å². The minimum atomic E-state index is 0.121. The molecule has 0 fully saturated rings. The maximum absolute atomic E-state index is 12.2. The van der Waals surface area contributed by atoms with Gasteiger partial charge in [-0.25, -0.2) is 0 Å². The van der Waals surface area contributed by atoms with Crippen LogP contribution < -0.4 is 5.73 Å². The molecule has 1 aromatic rings. The lowest BCUT2D eigenvalue weighted by atomic mass is 9.94. The molecule has 21 heavy (non-hydrogen) atoms. The molecule has 1 aromatic carbocycles. The average Bonchev–Trinajstić information content (AvgIpc) is 2.46. The highest BCUT2D eigenvalue weighted by Crippen LogP contribution is 2.16. The summed E-state index contributed by atoms with van der Waals surface area (Å²) in [6.45, 7) is 5.40. The predicted molar refractivity (Wildman–Crippen MR) is 84.2 cm³/mol. The van der Waals surface area contributed by atoms with Crippen LogP contribution in [0.1, 0.15) is 37.8 Å². The molecule has 1 rings (SSSR count). The van der Waals surface area contributed by atoms with Gasteiger partial charge in [-0.2, -0.15) is 5.26 Å². The number of carbonyl (C=O) groups excluding carboxylic acids is 1. The smallest absolute Gasteiger partial charge is 0.222 e. The number of hydrogen-bond donors (Lipinski definition) is 1. The first-order valence-corrected chi connectivity index (χ1v) is 7.39. The summed E-state index contributed by atoms with van der Waals surface area (Å²) in [6.07, 6.45) is 1.48. The Kier molecular flexibility index (Phi) is 6.90. The molecule has 0 spiro atoms. The van der Waals surface area contributed by atoms with Crippen LogP contribution in [0.15, 0.2) is 24.3 Å². The Labute approximate surface area is 127 Å². The van der Waals surface area contributed by atoms with Gasteiger partial charge in [0.05, 0.1) is 11.6 Å². The van der Waals surface area contributed by atoms with Crippen molar-refractivity contribution in [1.29, 1.82) is 5.26 Å². The fraction of sp³-hybridized carbons (Fsp3) is 0.529. The molecule has 1 atom stereocenters. The van der Waals surface area contributed by atoms with Gasteiger partial charge in [0.2, 0.25) is 5.91 Å². The lowest BCUT2D eigenvalue weighted by Crippen LogP contribution is -2.30. The maximum atomic E-state index is 12.2. The summed E-state index contributed by atoms with van der Waals surface area (Å²) in [6, 6.07) is 9.41. The van der Waals surface area contributed by atoms with Crippen LogP contribution in [0.5, 0.6) is 0 Å². The highest BCUT2D eigenvalue weighted by molar-refractivity contribution is 5.76. The quantitative estimate of drug-likeness (QED) is 0.837. The van der Waals surface area contributed by atoms with Crippen LogP contribution >= 0.6 is 0 Å². The second kappa shape index (κ2) is 8.43. The van der Waals surface area contributed by atoms with E-state index in [1.54, 1.807) is 17.0 Å². The third kappa shape index (κ3) is 5.97. The molecule has 0 bridgehead atoms. The Morgan fingerprint density at radius 1 is 1.33 bits per heavy atom. The summed E-state index contributed by atoms with van der Waals surface area (Å²) in [4.78, 5) is 14.0. The minimum Gasteiger partial charge on any atom is -0.341 e. The Bertz CT molecular complexity index is 488. The van der Waals surface area contributed by atoms with Gasteiger partial charge in [-0.15, -0.1) is 0 Å². The standard InChI is InChI=1S/C17H25N3O/c1-13(2)8-16(11-19)9-17(21)20(3)12-15-6-4-14(10-18)5-7-15/h4-7,13,16H,8-9,11-12,19H2,1-3H3. The molecule has 4 heteroatoms. The van der Waals surface area contributed by atoms with Crippen molar-refractivity contribution < 1.29 is 4.79 Å². The summed E-state index contributed by atoms with van der Waals surface area (Å²) < 4.78 is 0. The number of nitriles is 1. The maximum Gasteiger partial charge on any atom is 0.222 e. The second-order valence-corrected chi connectivity index (χ2v) is 5.99. The first kappa shape index (κ1) is 17.2. The number of nitrogens with zero attached hydrogens (tertiary/aromatic N) is 2. The van der Waals surface area contributed by atoms with Crippen molar-refractivity contribution in [1.82, 2.24) is 4.90 Å². The van der Waals surface area contributed by atoms with Gasteiger partial charge in [-0.05, 0) is 42.5 Å². The molecule has 114 valence electrons. The number of rotatable bonds is 7. The molecule has 0 saturated carbocycles. The van der Waals surface area contributed by atoms with Gasteiger partial charge in [-0.3, -0.25) is 4.79 Å². The molecule has 2 N–H and O–H groups in total. The van der Waals surface area contributed by atoms with Gasteiger partial charge in [0.15, 0.2) is 0 Å². The number of carbonyl (C=O) groups is 1. The summed E-state index contributed by atoms with van der Waals surface area (Å²) in [5.41, 5.74) is 7.41. The topological polar surface area (TPSA) is 70.1 Å². The van der Waals surface area contributed by atoms with Crippen molar-refractivity contribution in [3.05, 3.63) is 35.4 Å². The van der Waals surface area contributed by atoms with E-state index in [1.165, 1.54) is 0 Å². The Hall–Kier alpha value is -1.86. The van der Waals surface area contributed by atoms with Crippen molar-refractivity contribution >= 4 is 5.91 Å². The largest absolute Gasteiger partial charge is 0.341 e. The van der Waals surface area contributed by atoms with Crippen molar-refractivity contribution in [3.8, 4) is 6.07 Å². The predicted octanol–water partition coefficient (Wildman–Crippen LogP) is 2.53. The molecular weight excluding hydrogens is 262 g/mol. The lowest BCUT2D eigenvalue weighted by molar-refractivity contribution is -0.131. The van der Waals surface area contributed by atoms with Crippen LogP contribution in [0, 0.1) is 23.2 Å². The van der Waals surface area contributed by atoms with Crippen LogP contribution in [0.3, 0.4) is 0 Å². The zero-order valence-corrected chi connectivity index (χ0v) is 13.2. The molecule has 0 radical (unpaired) electrons. The molecule has 0 saturated heterocycles. The lowest BCUT2D eigenvalue weighted by Gasteiger charge is -2.22. The summed E-state index contributed by atoms with van der Waals surface area (Å²) in [5.74, 6) is 0.923. The van der Waals surface area contributed by atoms with Gasteiger partial charge >= 0.3 is 0 Å². The summed E-state index contributed by atoms with van der Waals surface area (Å²) in [7, 11) is 1.81. The van der Waals surface area contributed by atoms with Crippen LogP contribution in [0.2, 0.25) is 0 Å². The number of nitrogens with two attached hydrogens (primary N) is 1. The second-order valence-electron chi connectivity index (χ2n) is 5.99. The molecule has 0 heterocycles. The number of amides is 1. The van der Waals surface area contributed by atoms with E-state index in [9.17, 15) is 4.79 Å². The van der Waals surface area contributed by atoms with Crippen molar-refractivity contribution in [2.75, 3.05) is 13.6 Å². The fourth-order valence-corrected chi connectivity index (χ4v) is 2.38. The molecule has 0 aliphatic carbocycles. The zero-order valence-electron chi connectivity index (χ0n) is 13.2. The molecule has 1 amide bonds. The molecule has 0 aliphatic heterocycles. The van der Waals surface area contributed by atoms with Gasteiger partial charge in [0, 0.05) is 20.0 Å². The summed E-state index contributed by atoms with van der Waals surface area (Å²) in [5, 5.41) is 8.77. The Morgan fingerprint density at radius 2 is 1.95 bits per heavy atom. The van der Waals surface area contributed by atoms with E-state index in [-0.39, 0.29) is 11.8 Å². The molecule has 4 nitrogen and oxygen atoms in total. The van der Waals surface area contributed by atoms with Crippen LogP contribution in [0.25, 0.3) is 0 Å². The number of hydrogen-bond acceptors (Lipinski definition) is 3. The third-order valence-corrected chi connectivity index (χ3v) is 3.53. The van der Waals surface area contributed by atoms with Gasteiger partial charge in [0.25, 0.3) is 0 Å². The van der Waals surface area contributed by atoms with E-state index in [2.05, 4.69) is 19.9 Å². The van der Waals surface area contributed by atoms with E-state index >= 15 is 0 Å².